The van der Waals surface area contributed by atoms with E-state index in [1.165, 1.54) is 77.0 Å². The number of rotatable bonds is 4. The van der Waals surface area contributed by atoms with Crippen molar-refractivity contribution in [2.24, 2.45) is 0 Å². The van der Waals surface area contributed by atoms with Crippen molar-refractivity contribution in [1.82, 2.24) is 0 Å². The maximum atomic E-state index is 2.43. The van der Waals surface area contributed by atoms with Gasteiger partial charge in [0, 0.05) is 0 Å². The third-order valence-corrected chi connectivity index (χ3v) is 5.63. The first-order valence-electron chi connectivity index (χ1n) is 11.6. The molecule has 0 heterocycles. The normalized spacial score (nSPS) is 13.8. The largest absolute Gasteiger partial charge is 1.00 e. The molecule has 2 aliphatic rings. The van der Waals surface area contributed by atoms with Crippen LogP contribution in [0.3, 0.4) is 0 Å². The van der Waals surface area contributed by atoms with Crippen molar-refractivity contribution < 1.29 is 48.1 Å². The molecule has 0 saturated carbocycles. The zero-order valence-corrected chi connectivity index (χ0v) is 24.5. The maximum Gasteiger partial charge on any atom is -1.00 e. The summed E-state index contributed by atoms with van der Waals surface area (Å²) in [6.45, 7) is 9.13. The second-order valence-electron chi connectivity index (χ2n) is 8.74. The average molecular weight is 543 g/mol. The fourth-order valence-corrected chi connectivity index (χ4v) is 4.41. The van der Waals surface area contributed by atoms with Gasteiger partial charge in [-0.15, -0.1) is 0 Å². The summed E-state index contributed by atoms with van der Waals surface area (Å²) in [6, 6.07) is 9.71. The van der Waals surface area contributed by atoms with E-state index in [0.29, 0.717) is 0 Å². The van der Waals surface area contributed by atoms with E-state index in [1.54, 1.807) is 56.7 Å². The van der Waals surface area contributed by atoms with Crippen molar-refractivity contribution in [3.05, 3.63) is 57.6 Å². The standard InChI is InChI=1S/2C12H17.C2H6Si.2ClH.Zr/c2*1-2-5-10-8-11-6-3-4-7-12(11)9-10;1-3-2;;;/h2*8-9H,2-7H2,1H3;1-2H3;2*1H;/q2*-1;;;;+2/p-2. The van der Waals surface area contributed by atoms with Gasteiger partial charge in [0.25, 0.3) is 0 Å². The van der Waals surface area contributed by atoms with Crippen LogP contribution >= 0.6 is 0 Å². The van der Waals surface area contributed by atoms with Crippen LogP contribution in [0.1, 0.15) is 85.8 Å². The number of hydrogen-bond acceptors (Lipinski definition) is 0. The smallest absolute Gasteiger partial charge is 1.00 e. The molecule has 0 saturated heterocycles. The van der Waals surface area contributed by atoms with Crippen LogP contribution < -0.4 is 24.8 Å². The van der Waals surface area contributed by atoms with Crippen molar-refractivity contribution in [3.8, 4) is 0 Å². The predicted molar refractivity (Wildman–Crippen MR) is 123 cm³/mol. The first-order valence-corrected chi connectivity index (χ1v) is 17.8. The van der Waals surface area contributed by atoms with Crippen LogP contribution in [-0.2, 0) is 61.9 Å². The molecule has 30 heavy (non-hydrogen) atoms. The van der Waals surface area contributed by atoms with Gasteiger partial charge in [0.2, 0.25) is 0 Å². The number of fused-ring (bicyclic) bond motifs is 2. The Kier molecular flexibility index (Phi) is 17.2. The van der Waals surface area contributed by atoms with Crippen molar-refractivity contribution in [2.75, 3.05) is 0 Å². The van der Waals surface area contributed by atoms with Gasteiger partial charge in [-0.3, -0.25) is 0 Å². The molecule has 0 amide bonds. The van der Waals surface area contributed by atoms with Gasteiger partial charge < -0.3 is 24.8 Å². The Morgan fingerprint density at radius 1 is 0.733 bits per heavy atom. The van der Waals surface area contributed by atoms with E-state index in [-0.39, 0.29) is 30.2 Å². The summed E-state index contributed by atoms with van der Waals surface area (Å²) in [7, 11) is 0. The van der Waals surface area contributed by atoms with Crippen LogP contribution in [0.15, 0.2) is 24.3 Å². The van der Waals surface area contributed by atoms with E-state index in [0.717, 1.165) is 0 Å². The van der Waals surface area contributed by atoms with Gasteiger partial charge in [0.05, 0.1) is 0 Å². The van der Waals surface area contributed by atoms with Gasteiger partial charge >= 0.3 is 41.9 Å². The number of halogens is 2. The molecule has 0 aliphatic heterocycles. The van der Waals surface area contributed by atoms with Crippen LogP contribution in [0, 0.1) is 0 Å². The van der Waals surface area contributed by atoms with Gasteiger partial charge in [0.15, 0.2) is 0 Å². The van der Waals surface area contributed by atoms with Gasteiger partial charge in [0.1, 0.15) is 0 Å². The maximum absolute atomic E-state index is 2.43. The molecule has 0 unspecified atom stereocenters. The van der Waals surface area contributed by atoms with Crippen molar-refractivity contribution in [3.63, 3.8) is 0 Å². The Morgan fingerprint density at radius 3 is 1.37 bits per heavy atom. The average Bonchev–Trinajstić information content (AvgIpc) is 3.25. The molecule has 0 nitrogen and oxygen atoms in total. The van der Waals surface area contributed by atoms with Gasteiger partial charge in [-0.25, -0.2) is 12.1 Å². The van der Waals surface area contributed by atoms with Crippen LogP contribution in [-0.4, -0.2) is 5.43 Å². The molecule has 0 spiro atoms. The molecule has 2 aromatic carbocycles. The Balaban J connectivity index is 0.000000452. The van der Waals surface area contributed by atoms with Crippen LogP contribution in [0.5, 0.6) is 0 Å². The molecule has 0 radical (unpaired) electrons. The molecule has 2 aromatic rings. The van der Waals surface area contributed by atoms with Gasteiger partial charge in [-0.1, -0.05) is 90.9 Å². The summed E-state index contributed by atoms with van der Waals surface area (Å²) in [4.78, 5) is 0. The first-order chi connectivity index (χ1) is 13.5. The van der Waals surface area contributed by atoms with E-state index >= 15 is 0 Å². The van der Waals surface area contributed by atoms with Crippen LogP contribution in [0.4, 0.5) is 0 Å². The third-order valence-electron chi connectivity index (χ3n) is 5.63. The number of aryl methyl sites for hydroxylation is 6. The molecule has 2 aliphatic carbocycles. The van der Waals surface area contributed by atoms with Crippen LogP contribution in [0.2, 0.25) is 13.1 Å². The van der Waals surface area contributed by atoms with Crippen LogP contribution in [0.25, 0.3) is 0 Å². The summed E-state index contributed by atoms with van der Waals surface area (Å²) >= 11 is 1.74. The van der Waals surface area contributed by atoms with Crippen molar-refractivity contribution in [1.29, 1.82) is 0 Å². The number of hydrogen-bond donors (Lipinski definition) is 0. The van der Waals surface area contributed by atoms with Crippen molar-refractivity contribution >= 4 is 5.43 Å². The van der Waals surface area contributed by atoms with Gasteiger partial charge in [-0.2, -0.15) is 45.5 Å². The van der Waals surface area contributed by atoms with E-state index in [4.69, 9.17) is 0 Å². The Morgan fingerprint density at radius 2 is 1.07 bits per heavy atom. The minimum atomic E-state index is 0. The van der Waals surface area contributed by atoms with E-state index in [1.807, 2.05) is 0 Å². The fraction of sp³-hybridized carbons (Fsp3) is 0.615. The van der Waals surface area contributed by atoms with Gasteiger partial charge in [-0.05, 0) is 0 Å². The Hall–Kier alpha value is 0.380. The molecule has 4 heteroatoms. The molecule has 0 N–H and O–H groups in total. The predicted octanol–water partition coefficient (Wildman–Crippen LogP) is 1.27. The second kappa shape index (κ2) is 16.9. The molecule has 4 rings (SSSR count). The third kappa shape index (κ3) is 10.8. The Bertz CT molecular complexity index is 622. The zero-order chi connectivity index (χ0) is 20.4. The summed E-state index contributed by atoms with van der Waals surface area (Å²) in [6.07, 6.45) is 16.1. The molecule has 0 atom stereocenters. The topological polar surface area (TPSA) is 0 Å². The fourth-order valence-electron chi connectivity index (χ4n) is 4.41. The molecule has 168 valence electrons. The molecular formula is C26H40Cl2SiZr-2. The molecular weight excluding hydrogens is 503 g/mol. The summed E-state index contributed by atoms with van der Waals surface area (Å²) in [5, 5.41) is 0. The SMILES string of the molecule is CCCc1cc2c([cH-]1)CCCC2.CCCc1cc2c([cH-]1)CCCC2.C[Si](C)=[Zr+2].[Cl-].[Cl-]. The zero-order valence-electron chi connectivity index (χ0n) is 19.6. The monoisotopic (exact) mass is 540 g/mol. The molecule has 0 aromatic heterocycles. The van der Waals surface area contributed by atoms with Crippen molar-refractivity contribution in [2.45, 2.75) is 104 Å². The van der Waals surface area contributed by atoms with E-state index in [9.17, 15) is 0 Å². The minimum absolute atomic E-state index is 0. The Labute approximate surface area is 213 Å². The second-order valence-corrected chi connectivity index (χ2v) is 18.1. The summed E-state index contributed by atoms with van der Waals surface area (Å²) in [5.74, 6) is 0. The van der Waals surface area contributed by atoms with E-state index in [2.05, 4.69) is 51.2 Å². The van der Waals surface area contributed by atoms with E-state index < -0.39 is 0 Å². The molecule has 0 fully saturated rings. The first kappa shape index (κ1) is 30.4. The quantitative estimate of drug-likeness (QED) is 0.403. The minimum Gasteiger partial charge on any atom is -1.00 e. The molecule has 0 bridgehead atoms. The summed E-state index contributed by atoms with van der Waals surface area (Å²) in [5.41, 5.74) is 9.93. The summed E-state index contributed by atoms with van der Waals surface area (Å²) < 4.78 is 0.